The van der Waals surface area contributed by atoms with E-state index in [-0.39, 0.29) is 47.7 Å². The summed E-state index contributed by atoms with van der Waals surface area (Å²) in [5.74, 6) is -2.32. The molecule has 1 aliphatic carbocycles. The number of carbonyl (C=O) groups is 5. The fourth-order valence-electron chi connectivity index (χ4n) is 4.61. The molecule has 0 aliphatic heterocycles. The first-order valence-corrected chi connectivity index (χ1v) is 11.5. The fraction of sp³-hybridized carbons (Fsp3) is 0.560. The number of carboxylic acid groups (broad SMARTS) is 1. The van der Waals surface area contributed by atoms with Crippen LogP contribution in [0.1, 0.15) is 63.2 Å². The van der Waals surface area contributed by atoms with Crippen molar-refractivity contribution >= 4 is 29.9 Å². The van der Waals surface area contributed by atoms with Crippen molar-refractivity contribution in [3.63, 3.8) is 0 Å². The fourth-order valence-corrected chi connectivity index (χ4v) is 4.61. The van der Waals surface area contributed by atoms with Crippen LogP contribution in [0.5, 0.6) is 0 Å². The molecule has 0 heterocycles. The first kappa shape index (κ1) is 26.2. The van der Waals surface area contributed by atoms with Gasteiger partial charge in [0, 0.05) is 17.9 Å². The summed E-state index contributed by atoms with van der Waals surface area (Å²) < 4.78 is 0. The van der Waals surface area contributed by atoms with Gasteiger partial charge in [-0.3, -0.25) is 19.2 Å². The second kappa shape index (κ2) is 12.3. The minimum Gasteiger partial charge on any atom is -0.481 e. The molecule has 0 saturated heterocycles. The number of nitrogens with one attached hydrogen (secondary N) is 2. The Morgan fingerprint density at radius 1 is 1.09 bits per heavy atom. The van der Waals surface area contributed by atoms with Crippen LogP contribution < -0.4 is 10.6 Å². The van der Waals surface area contributed by atoms with E-state index in [0.29, 0.717) is 18.3 Å². The average Bonchev–Trinajstić information content (AvgIpc) is 3.15. The molecule has 1 fully saturated rings. The summed E-state index contributed by atoms with van der Waals surface area (Å²) in [5.41, 5.74) is 0.489. The number of carbonyl (C=O) groups excluding carboxylic acids is 4. The smallest absolute Gasteiger partial charge is 0.305 e. The molecule has 8 nitrogen and oxygen atoms in total. The van der Waals surface area contributed by atoms with Gasteiger partial charge in [0.05, 0.1) is 18.5 Å². The Labute approximate surface area is 194 Å². The minimum atomic E-state index is -1.16. The van der Waals surface area contributed by atoms with Crippen LogP contribution in [0, 0.1) is 23.7 Å². The Morgan fingerprint density at radius 3 is 2.33 bits per heavy atom. The molecule has 3 N–H and O–H groups in total. The third-order valence-electron chi connectivity index (χ3n) is 6.40. The van der Waals surface area contributed by atoms with Crippen LogP contribution in [0.4, 0.5) is 0 Å². The number of ketones is 1. The maximum Gasteiger partial charge on any atom is 0.305 e. The van der Waals surface area contributed by atoms with E-state index in [1.807, 2.05) is 26.8 Å². The zero-order valence-corrected chi connectivity index (χ0v) is 19.5. The van der Waals surface area contributed by atoms with E-state index < -0.39 is 24.5 Å². The molecule has 0 radical (unpaired) electrons. The van der Waals surface area contributed by atoms with E-state index in [0.717, 1.165) is 12.8 Å². The van der Waals surface area contributed by atoms with E-state index in [1.54, 1.807) is 24.3 Å². The highest BCUT2D eigenvalue weighted by molar-refractivity contribution is 5.98. The molecule has 2 rings (SSSR count). The molecule has 1 aromatic rings. The molecule has 1 saturated carbocycles. The molecule has 8 heteroatoms. The number of hydrogen-bond donors (Lipinski definition) is 3. The highest BCUT2D eigenvalue weighted by Gasteiger charge is 2.39. The molecular formula is C25H34N2O6. The predicted octanol–water partition coefficient (Wildman–Crippen LogP) is 2.61. The Morgan fingerprint density at radius 2 is 1.76 bits per heavy atom. The second-order valence-electron chi connectivity index (χ2n) is 9.26. The molecule has 4 unspecified atom stereocenters. The van der Waals surface area contributed by atoms with E-state index in [1.165, 1.54) is 0 Å². The number of Topliss-reactive ketones (excluding diaryl/α,β-unsaturated/α-hetero) is 1. The third kappa shape index (κ3) is 7.51. The predicted molar refractivity (Wildman–Crippen MR) is 122 cm³/mol. The molecule has 5 atom stereocenters. The van der Waals surface area contributed by atoms with Crippen molar-refractivity contribution in [1.82, 2.24) is 10.6 Å². The lowest BCUT2D eigenvalue weighted by Crippen LogP contribution is -2.45. The molecular weight excluding hydrogens is 424 g/mol. The maximum absolute atomic E-state index is 13.0. The Hall–Kier alpha value is -3.03. The van der Waals surface area contributed by atoms with Gasteiger partial charge in [-0.1, -0.05) is 39.0 Å². The van der Waals surface area contributed by atoms with Crippen LogP contribution in [-0.4, -0.2) is 47.0 Å². The summed E-state index contributed by atoms with van der Waals surface area (Å²) >= 11 is 0. The number of amides is 2. The van der Waals surface area contributed by atoms with Gasteiger partial charge in [0.2, 0.25) is 5.91 Å². The molecule has 33 heavy (non-hydrogen) atoms. The van der Waals surface area contributed by atoms with Crippen molar-refractivity contribution in [2.24, 2.45) is 23.7 Å². The standard InChI is InChI=1S/C25H34N2O6/c1-15(2)23(27-24(32)18-7-5-4-6-8-18)20(29)12-11-17-10-9-16(3)22(17)25(33)26-19(14-28)13-21(30)31/h4-8,14-17,19,22-23H,9-13H2,1-3H3,(H,26,33)(H,27,32)(H,30,31)/t16-,17?,19?,22?,23?/m0/s1. The lowest BCUT2D eigenvalue weighted by atomic mass is 9.84. The van der Waals surface area contributed by atoms with Gasteiger partial charge in [-0.2, -0.15) is 0 Å². The van der Waals surface area contributed by atoms with Crippen LogP contribution >= 0.6 is 0 Å². The van der Waals surface area contributed by atoms with Crippen LogP contribution in [0.2, 0.25) is 0 Å². The van der Waals surface area contributed by atoms with Gasteiger partial charge >= 0.3 is 5.97 Å². The van der Waals surface area contributed by atoms with Gasteiger partial charge < -0.3 is 20.5 Å². The van der Waals surface area contributed by atoms with Crippen LogP contribution in [0.3, 0.4) is 0 Å². The van der Waals surface area contributed by atoms with Crippen molar-refractivity contribution in [1.29, 1.82) is 0 Å². The van der Waals surface area contributed by atoms with E-state index >= 15 is 0 Å². The van der Waals surface area contributed by atoms with Gasteiger partial charge in [-0.05, 0) is 49.1 Å². The van der Waals surface area contributed by atoms with E-state index in [9.17, 15) is 24.0 Å². The first-order chi connectivity index (χ1) is 15.6. The number of hydrogen-bond acceptors (Lipinski definition) is 5. The van der Waals surface area contributed by atoms with E-state index in [2.05, 4.69) is 10.6 Å². The molecule has 180 valence electrons. The van der Waals surface area contributed by atoms with Crippen molar-refractivity contribution in [3.8, 4) is 0 Å². The largest absolute Gasteiger partial charge is 0.481 e. The zero-order valence-electron chi connectivity index (χ0n) is 19.5. The summed E-state index contributed by atoms with van der Waals surface area (Å²) in [6.07, 6.45) is 2.30. The minimum absolute atomic E-state index is 0.0429. The molecule has 1 aromatic carbocycles. The second-order valence-corrected chi connectivity index (χ2v) is 9.26. The summed E-state index contributed by atoms with van der Waals surface area (Å²) in [6.45, 7) is 5.71. The monoisotopic (exact) mass is 458 g/mol. The quantitative estimate of drug-likeness (QED) is 0.413. The Balaban J connectivity index is 1.99. The molecule has 0 aromatic heterocycles. The van der Waals surface area contributed by atoms with Crippen LogP contribution in [-0.2, 0) is 19.2 Å². The summed E-state index contributed by atoms with van der Waals surface area (Å²) in [7, 11) is 0. The molecule has 0 bridgehead atoms. The van der Waals surface area contributed by atoms with Crippen molar-refractivity contribution in [2.45, 2.75) is 65.0 Å². The summed E-state index contributed by atoms with van der Waals surface area (Å²) in [4.78, 5) is 60.3. The number of rotatable bonds is 12. The zero-order chi connectivity index (χ0) is 24.5. The Kier molecular flexibility index (Phi) is 9.75. The molecule has 2 amide bonds. The average molecular weight is 459 g/mol. The number of aldehydes is 1. The highest BCUT2D eigenvalue weighted by Crippen LogP contribution is 2.40. The summed E-state index contributed by atoms with van der Waals surface area (Å²) in [6, 6.07) is 7.03. The molecule has 1 aliphatic rings. The maximum atomic E-state index is 13.0. The van der Waals surface area contributed by atoms with Gasteiger partial charge in [-0.15, -0.1) is 0 Å². The van der Waals surface area contributed by atoms with E-state index in [4.69, 9.17) is 5.11 Å². The molecule has 0 spiro atoms. The number of benzene rings is 1. The third-order valence-corrected chi connectivity index (χ3v) is 6.40. The van der Waals surface area contributed by atoms with Crippen LogP contribution in [0.25, 0.3) is 0 Å². The number of carboxylic acids is 1. The van der Waals surface area contributed by atoms with Gasteiger partial charge in [-0.25, -0.2) is 0 Å². The first-order valence-electron chi connectivity index (χ1n) is 11.5. The van der Waals surface area contributed by atoms with Crippen molar-refractivity contribution in [3.05, 3.63) is 35.9 Å². The van der Waals surface area contributed by atoms with Crippen LogP contribution in [0.15, 0.2) is 30.3 Å². The normalized spacial score (nSPS) is 21.8. The lowest BCUT2D eigenvalue weighted by molar-refractivity contribution is -0.139. The van der Waals surface area contributed by atoms with Gasteiger partial charge in [0.1, 0.15) is 6.29 Å². The van der Waals surface area contributed by atoms with Crippen molar-refractivity contribution < 1.29 is 29.1 Å². The Bertz CT molecular complexity index is 854. The van der Waals surface area contributed by atoms with Gasteiger partial charge in [0.25, 0.3) is 5.91 Å². The van der Waals surface area contributed by atoms with Gasteiger partial charge in [0.15, 0.2) is 5.78 Å². The lowest BCUT2D eigenvalue weighted by Gasteiger charge is -2.25. The highest BCUT2D eigenvalue weighted by atomic mass is 16.4. The number of aliphatic carboxylic acids is 1. The topological polar surface area (TPSA) is 130 Å². The summed E-state index contributed by atoms with van der Waals surface area (Å²) in [5, 5.41) is 14.3. The SMILES string of the molecule is CC(C)C(NC(=O)c1ccccc1)C(=O)CCC1CC[C@H](C)C1C(=O)NC(C=O)CC(=O)O. The van der Waals surface area contributed by atoms with Crippen molar-refractivity contribution in [2.75, 3.05) is 0 Å².